The van der Waals surface area contributed by atoms with Crippen molar-refractivity contribution in [3.05, 3.63) is 72.8 Å². The zero-order valence-electron chi connectivity index (χ0n) is 10.4. The van der Waals surface area contributed by atoms with Crippen molar-refractivity contribution in [2.45, 2.75) is 0 Å². The molecule has 1 N–H and O–H groups in total. The van der Waals surface area contributed by atoms with Gasteiger partial charge in [-0.3, -0.25) is 0 Å². The van der Waals surface area contributed by atoms with Gasteiger partial charge in [0.25, 0.3) is 0 Å². The van der Waals surface area contributed by atoms with E-state index in [1.54, 1.807) is 0 Å². The van der Waals surface area contributed by atoms with Crippen LogP contribution in [-0.2, 0) is 0 Å². The maximum absolute atomic E-state index is 3.53. The zero-order valence-corrected chi connectivity index (χ0v) is 10.4. The average molecular weight is 242 g/mol. The van der Waals surface area contributed by atoms with Gasteiger partial charge < -0.3 is 4.98 Å². The first-order chi connectivity index (χ1) is 9.43. The number of aromatic nitrogens is 1. The van der Waals surface area contributed by atoms with Gasteiger partial charge in [-0.1, -0.05) is 48.5 Å². The molecule has 19 heavy (non-hydrogen) atoms. The SMILES string of the molecule is [c]1cc(-c2ccccc2)c2[nH]c3ccccc3c2c1. The summed E-state index contributed by atoms with van der Waals surface area (Å²) in [6, 6.07) is 26.2. The molecule has 0 unspecified atom stereocenters. The van der Waals surface area contributed by atoms with Gasteiger partial charge in [-0.2, -0.15) is 0 Å². The second-order valence-corrected chi connectivity index (χ2v) is 4.69. The van der Waals surface area contributed by atoms with Crippen molar-refractivity contribution in [2.75, 3.05) is 0 Å². The van der Waals surface area contributed by atoms with Crippen molar-refractivity contribution < 1.29 is 0 Å². The van der Waals surface area contributed by atoms with E-state index in [1.807, 2.05) is 12.1 Å². The van der Waals surface area contributed by atoms with E-state index in [1.165, 1.54) is 32.9 Å². The van der Waals surface area contributed by atoms with Crippen LogP contribution in [0, 0.1) is 6.07 Å². The van der Waals surface area contributed by atoms with Crippen LogP contribution < -0.4 is 0 Å². The molecule has 0 saturated heterocycles. The third-order valence-corrected chi connectivity index (χ3v) is 3.56. The fourth-order valence-corrected chi connectivity index (χ4v) is 2.65. The summed E-state index contributed by atoms with van der Waals surface area (Å²) < 4.78 is 0. The van der Waals surface area contributed by atoms with Crippen molar-refractivity contribution >= 4 is 21.8 Å². The second kappa shape index (κ2) is 3.99. The van der Waals surface area contributed by atoms with Crippen molar-refractivity contribution in [3.63, 3.8) is 0 Å². The van der Waals surface area contributed by atoms with Crippen LogP contribution in [0.3, 0.4) is 0 Å². The first-order valence-electron chi connectivity index (χ1n) is 6.39. The Morgan fingerprint density at radius 2 is 1.53 bits per heavy atom. The Morgan fingerprint density at radius 3 is 2.42 bits per heavy atom. The van der Waals surface area contributed by atoms with Crippen LogP contribution in [0.5, 0.6) is 0 Å². The highest BCUT2D eigenvalue weighted by Gasteiger charge is 2.08. The smallest absolute Gasteiger partial charge is 0.0544 e. The fourth-order valence-electron chi connectivity index (χ4n) is 2.65. The molecule has 1 heteroatoms. The number of nitrogens with one attached hydrogen (secondary N) is 1. The van der Waals surface area contributed by atoms with E-state index in [9.17, 15) is 0 Å². The molecular formula is C18H12N. The monoisotopic (exact) mass is 242 g/mol. The Labute approximate surface area is 111 Å². The van der Waals surface area contributed by atoms with Gasteiger partial charge in [0.05, 0.1) is 5.52 Å². The molecule has 0 spiro atoms. The van der Waals surface area contributed by atoms with Gasteiger partial charge in [-0.15, -0.1) is 0 Å². The van der Waals surface area contributed by atoms with Gasteiger partial charge in [0.2, 0.25) is 0 Å². The standard InChI is InChI=1S/C18H12N/c1-2-7-13(8-3-1)14-10-6-11-16-15-9-4-5-12-17(15)19-18(14)16/h1-5,7-12,19H. The minimum atomic E-state index is 1.18. The molecule has 0 bridgehead atoms. The quantitative estimate of drug-likeness (QED) is 0.494. The normalized spacial score (nSPS) is 11.2. The third-order valence-electron chi connectivity index (χ3n) is 3.56. The number of hydrogen-bond donors (Lipinski definition) is 1. The molecule has 3 aromatic carbocycles. The fraction of sp³-hybridized carbons (Fsp3) is 0. The van der Waals surface area contributed by atoms with E-state index < -0.39 is 0 Å². The lowest BCUT2D eigenvalue weighted by molar-refractivity contribution is 1.53. The molecule has 1 aromatic heterocycles. The Morgan fingerprint density at radius 1 is 0.737 bits per heavy atom. The minimum Gasteiger partial charge on any atom is -0.354 e. The van der Waals surface area contributed by atoms with Gasteiger partial charge in [-0.25, -0.2) is 0 Å². The molecular weight excluding hydrogens is 230 g/mol. The van der Waals surface area contributed by atoms with Crippen molar-refractivity contribution in [1.29, 1.82) is 0 Å². The lowest BCUT2D eigenvalue weighted by atomic mass is 10.0. The number of hydrogen-bond acceptors (Lipinski definition) is 0. The van der Waals surface area contributed by atoms with E-state index in [0.29, 0.717) is 0 Å². The average Bonchev–Trinajstić information content (AvgIpc) is 2.87. The molecule has 1 radical (unpaired) electrons. The molecule has 0 saturated carbocycles. The topological polar surface area (TPSA) is 15.8 Å². The third kappa shape index (κ3) is 1.55. The minimum absolute atomic E-state index is 1.18. The highest BCUT2D eigenvalue weighted by Crippen LogP contribution is 2.32. The summed E-state index contributed by atoms with van der Waals surface area (Å²) in [7, 11) is 0. The predicted octanol–water partition coefficient (Wildman–Crippen LogP) is 4.79. The molecule has 1 nitrogen and oxygen atoms in total. The maximum Gasteiger partial charge on any atom is 0.0544 e. The highest BCUT2D eigenvalue weighted by atomic mass is 14.7. The summed E-state index contributed by atoms with van der Waals surface area (Å²) in [4.78, 5) is 3.53. The summed E-state index contributed by atoms with van der Waals surface area (Å²) in [6.45, 7) is 0. The number of para-hydroxylation sites is 1. The van der Waals surface area contributed by atoms with Gasteiger partial charge in [0.1, 0.15) is 0 Å². The van der Waals surface area contributed by atoms with Crippen molar-refractivity contribution in [1.82, 2.24) is 4.98 Å². The molecule has 89 valence electrons. The first kappa shape index (κ1) is 10.4. The Kier molecular flexibility index (Phi) is 2.18. The van der Waals surface area contributed by atoms with Crippen molar-refractivity contribution in [2.24, 2.45) is 0 Å². The van der Waals surface area contributed by atoms with Crippen LogP contribution in [-0.4, -0.2) is 4.98 Å². The largest absolute Gasteiger partial charge is 0.354 e. The van der Waals surface area contributed by atoms with E-state index in [2.05, 4.69) is 65.6 Å². The van der Waals surface area contributed by atoms with Crippen LogP contribution in [0.4, 0.5) is 0 Å². The van der Waals surface area contributed by atoms with Crippen LogP contribution >= 0.6 is 0 Å². The molecule has 4 rings (SSSR count). The molecule has 0 amide bonds. The summed E-state index contributed by atoms with van der Waals surface area (Å²) in [6.07, 6.45) is 0. The Balaban J connectivity index is 2.13. The number of aromatic amines is 1. The molecule has 0 aliphatic rings. The van der Waals surface area contributed by atoms with E-state index in [0.717, 1.165) is 0 Å². The van der Waals surface area contributed by atoms with Crippen molar-refractivity contribution in [3.8, 4) is 11.1 Å². The Hall–Kier alpha value is -2.54. The molecule has 0 aliphatic carbocycles. The summed E-state index contributed by atoms with van der Waals surface area (Å²) >= 11 is 0. The van der Waals surface area contributed by atoms with E-state index >= 15 is 0 Å². The van der Waals surface area contributed by atoms with E-state index in [4.69, 9.17) is 0 Å². The molecule has 0 fully saturated rings. The van der Waals surface area contributed by atoms with Crippen LogP contribution in [0.15, 0.2) is 66.7 Å². The van der Waals surface area contributed by atoms with Gasteiger partial charge in [-0.05, 0) is 29.8 Å². The number of H-pyrrole nitrogens is 1. The molecule has 0 atom stereocenters. The molecule has 1 heterocycles. The number of rotatable bonds is 1. The van der Waals surface area contributed by atoms with Gasteiger partial charge in [0, 0.05) is 21.9 Å². The van der Waals surface area contributed by atoms with Crippen LogP contribution in [0.2, 0.25) is 0 Å². The summed E-state index contributed by atoms with van der Waals surface area (Å²) in [5, 5.41) is 2.49. The summed E-state index contributed by atoms with van der Waals surface area (Å²) in [5.74, 6) is 0. The number of fused-ring (bicyclic) bond motifs is 3. The maximum atomic E-state index is 3.53. The lowest BCUT2D eigenvalue weighted by Crippen LogP contribution is -1.79. The molecule has 0 aliphatic heterocycles. The van der Waals surface area contributed by atoms with Gasteiger partial charge in [0.15, 0.2) is 0 Å². The summed E-state index contributed by atoms with van der Waals surface area (Å²) in [5.41, 5.74) is 4.78. The first-order valence-corrected chi connectivity index (χ1v) is 6.39. The lowest BCUT2D eigenvalue weighted by Gasteiger charge is -2.02. The second-order valence-electron chi connectivity index (χ2n) is 4.69. The van der Waals surface area contributed by atoms with Gasteiger partial charge >= 0.3 is 0 Å². The highest BCUT2D eigenvalue weighted by molar-refractivity contribution is 6.11. The van der Waals surface area contributed by atoms with E-state index in [-0.39, 0.29) is 0 Å². The molecule has 4 aromatic rings. The zero-order chi connectivity index (χ0) is 12.7. The number of benzene rings is 3. The predicted molar refractivity (Wildman–Crippen MR) is 80.1 cm³/mol. The van der Waals surface area contributed by atoms with Crippen LogP contribution in [0.1, 0.15) is 0 Å². The Bertz CT molecular complexity index is 857. The van der Waals surface area contributed by atoms with Crippen LogP contribution in [0.25, 0.3) is 32.9 Å².